The predicted octanol–water partition coefficient (Wildman–Crippen LogP) is 4.40. The number of hydrogen-bond donors (Lipinski definition) is 0. The van der Waals surface area contributed by atoms with Gasteiger partial charge in [0.05, 0.1) is 10.8 Å². The van der Waals surface area contributed by atoms with E-state index < -0.39 is 10.8 Å². The van der Waals surface area contributed by atoms with Crippen molar-refractivity contribution in [3.05, 3.63) is 56.6 Å². The molecule has 1 aromatic carbocycles. The fourth-order valence-electron chi connectivity index (χ4n) is 1.31. The maximum atomic E-state index is 12.1. The highest BCUT2D eigenvalue weighted by molar-refractivity contribution is 7.91. The first kappa shape index (κ1) is 12.6. The van der Waals surface area contributed by atoms with Gasteiger partial charge < -0.3 is 0 Å². The Morgan fingerprint density at radius 1 is 1.29 bits per heavy atom. The second kappa shape index (κ2) is 5.63. The molecule has 1 atom stereocenters. The van der Waals surface area contributed by atoms with Crippen molar-refractivity contribution in [3.63, 3.8) is 0 Å². The molecule has 2 rings (SSSR count). The molecule has 1 heterocycles. The zero-order valence-corrected chi connectivity index (χ0v) is 11.6. The Balaban J connectivity index is 2.23. The average Bonchev–Trinajstić information content (AvgIpc) is 2.82. The van der Waals surface area contributed by atoms with Crippen molar-refractivity contribution >= 4 is 39.8 Å². The van der Waals surface area contributed by atoms with Crippen LogP contribution in [0.25, 0.3) is 6.08 Å². The van der Waals surface area contributed by atoms with Crippen LogP contribution >= 0.6 is 22.9 Å². The van der Waals surface area contributed by atoms with Crippen LogP contribution in [0.4, 0.5) is 0 Å². The predicted molar refractivity (Wildman–Crippen MR) is 75.7 cm³/mol. The van der Waals surface area contributed by atoms with Crippen LogP contribution in [0.15, 0.2) is 51.0 Å². The van der Waals surface area contributed by atoms with Crippen LogP contribution in [0.2, 0.25) is 0 Å². The van der Waals surface area contributed by atoms with E-state index in [9.17, 15) is 4.21 Å². The zero-order valence-electron chi connectivity index (χ0n) is 9.22. The molecular formula is C13H11ClOS2. The molecule has 1 aromatic heterocycles. The summed E-state index contributed by atoms with van der Waals surface area (Å²) in [7, 11) is -1.29. The lowest BCUT2D eigenvalue weighted by Crippen LogP contribution is -1.90. The summed E-state index contributed by atoms with van der Waals surface area (Å²) < 4.78 is 12.5. The van der Waals surface area contributed by atoms with Crippen molar-refractivity contribution in [1.29, 1.82) is 0 Å². The van der Waals surface area contributed by atoms with E-state index in [0.717, 1.165) is 15.3 Å². The van der Waals surface area contributed by atoms with Crippen molar-refractivity contribution in [2.45, 2.75) is 11.8 Å². The van der Waals surface area contributed by atoms with Gasteiger partial charge in [-0.15, -0.1) is 11.3 Å². The first-order chi connectivity index (χ1) is 8.16. The molecule has 2 aromatic rings. The molecule has 17 heavy (non-hydrogen) atoms. The van der Waals surface area contributed by atoms with E-state index >= 15 is 0 Å². The van der Waals surface area contributed by atoms with Crippen molar-refractivity contribution in [1.82, 2.24) is 0 Å². The normalized spacial score (nSPS) is 13.6. The Morgan fingerprint density at radius 2 is 2.00 bits per heavy atom. The minimum atomic E-state index is -1.29. The molecule has 0 saturated heterocycles. The quantitative estimate of drug-likeness (QED) is 0.815. The van der Waals surface area contributed by atoms with Gasteiger partial charge in [0.25, 0.3) is 0 Å². The lowest BCUT2D eigenvalue weighted by Gasteiger charge is -2.00. The summed E-state index contributed by atoms with van der Waals surface area (Å²) in [5.74, 6) is 0. The summed E-state index contributed by atoms with van der Waals surface area (Å²) in [6, 6.07) is 11.4. The number of hydrogen-bond acceptors (Lipinski definition) is 2. The third-order valence-electron chi connectivity index (χ3n) is 2.21. The van der Waals surface area contributed by atoms with Gasteiger partial charge in [0.15, 0.2) is 0 Å². The van der Waals surface area contributed by atoms with E-state index in [1.54, 1.807) is 17.4 Å². The molecule has 0 bridgehead atoms. The second-order valence-electron chi connectivity index (χ2n) is 3.55. The average molecular weight is 283 g/mol. The molecule has 0 aliphatic heterocycles. The third-order valence-corrected chi connectivity index (χ3v) is 4.73. The van der Waals surface area contributed by atoms with Crippen LogP contribution in [0.5, 0.6) is 0 Å². The van der Waals surface area contributed by atoms with Gasteiger partial charge >= 0.3 is 0 Å². The molecule has 0 N–H and O–H groups in total. The molecule has 1 nitrogen and oxygen atoms in total. The van der Waals surface area contributed by atoms with Crippen LogP contribution < -0.4 is 0 Å². The summed E-state index contributed by atoms with van der Waals surface area (Å²) in [4.78, 5) is 1.74. The van der Waals surface area contributed by atoms with Gasteiger partial charge in [-0.05, 0) is 36.6 Å². The summed E-state index contributed by atoms with van der Waals surface area (Å²) in [5, 5.41) is 1.96. The van der Waals surface area contributed by atoms with Gasteiger partial charge in [-0.1, -0.05) is 35.4 Å². The monoisotopic (exact) mass is 282 g/mol. The fraction of sp³-hybridized carbons (Fsp3) is 0.0769. The largest absolute Gasteiger partial charge is 0.248 e. The van der Waals surface area contributed by atoms with Gasteiger partial charge in [-0.3, -0.25) is 0 Å². The molecule has 88 valence electrons. The van der Waals surface area contributed by atoms with E-state index in [0.29, 0.717) is 4.36 Å². The molecule has 0 fully saturated rings. The molecule has 0 aliphatic rings. The first-order valence-electron chi connectivity index (χ1n) is 5.06. The molecule has 0 amide bonds. The minimum absolute atomic E-state index is 0.358. The van der Waals surface area contributed by atoms with Gasteiger partial charge in [0.1, 0.15) is 4.36 Å². The highest BCUT2D eigenvalue weighted by Crippen LogP contribution is 2.22. The minimum Gasteiger partial charge on any atom is -0.248 e. The number of aryl methyl sites for hydroxylation is 1. The van der Waals surface area contributed by atoms with Crippen molar-refractivity contribution in [3.8, 4) is 0 Å². The van der Waals surface area contributed by atoms with Crippen molar-refractivity contribution in [2.75, 3.05) is 0 Å². The van der Waals surface area contributed by atoms with Crippen LogP contribution in [0.3, 0.4) is 0 Å². The van der Waals surface area contributed by atoms with Gasteiger partial charge in [-0.25, -0.2) is 4.21 Å². The topological polar surface area (TPSA) is 17.1 Å². The van der Waals surface area contributed by atoms with E-state index in [4.69, 9.17) is 11.6 Å². The summed E-state index contributed by atoms with van der Waals surface area (Å²) in [6.45, 7) is 2.00. The smallest absolute Gasteiger partial charge is 0.111 e. The molecule has 1 unspecified atom stereocenters. The SMILES string of the molecule is Cc1ccc(S(=O)/C(Cl)=C/c2cccs2)cc1. The van der Waals surface area contributed by atoms with E-state index in [2.05, 4.69) is 0 Å². The van der Waals surface area contributed by atoms with Crippen LogP contribution in [0, 0.1) is 6.92 Å². The molecule has 4 heteroatoms. The summed E-state index contributed by atoms with van der Waals surface area (Å²) in [5.41, 5.74) is 1.14. The molecule has 0 radical (unpaired) electrons. The number of benzene rings is 1. The van der Waals surface area contributed by atoms with Gasteiger partial charge in [-0.2, -0.15) is 0 Å². The van der Waals surface area contributed by atoms with E-state index in [-0.39, 0.29) is 0 Å². The highest BCUT2D eigenvalue weighted by Gasteiger charge is 2.08. The Hall–Kier alpha value is -0.900. The zero-order chi connectivity index (χ0) is 12.3. The van der Waals surface area contributed by atoms with Gasteiger partial charge in [0, 0.05) is 9.77 Å². The van der Waals surface area contributed by atoms with Gasteiger partial charge in [0.2, 0.25) is 0 Å². The summed E-state index contributed by atoms with van der Waals surface area (Å²) >= 11 is 7.64. The summed E-state index contributed by atoms with van der Waals surface area (Å²) in [6.07, 6.45) is 1.75. The second-order valence-corrected chi connectivity index (χ2v) is 6.60. The maximum absolute atomic E-state index is 12.1. The maximum Gasteiger partial charge on any atom is 0.111 e. The first-order valence-corrected chi connectivity index (χ1v) is 7.47. The number of rotatable bonds is 3. The lowest BCUT2D eigenvalue weighted by atomic mass is 10.2. The Bertz CT molecular complexity index is 541. The highest BCUT2D eigenvalue weighted by atomic mass is 35.5. The van der Waals surface area contributed by atoms with E-state index in [1.807, 2.05) is 48.7 Å². The van der Waals surface area contributed by atoms with Crippen LogP contribution in [-0.4, -0.2) is 4.21 Å². The Labute approximate surface area is 112 Å². The number of thiophene rings is 1. The lowest BCUT2D eigenvalue weighted by molar-refractivity contribution is 0.688. The third kappa shape index (κ3) is 3.28. The van der Waals surface area contributed by atoms with Crippen molar-refractivity contribution in [2.24, 2.45) is 0 Å². The van der Waals surface area contributed by atoms with E-state index in [1.165, 1.54) is 0 Å². The molecule has 0 saturated carbocycles. The molecular weight excluding hydrogens is 272 g/mol. The van der Waals surface area contributed by atoms with Crippen LogP contribution in [0.1, 0.15) is 10.4 Å². The Kier molecular flexibility index (Phi) is 4.15. The number of halogens is 1. The van der Waals surface area contributed by atoms with Crippen molar-refractivity contribution < 1.29 is 4.21 Å². The molecule has 0 aliphatic carbocycles. The standard InChI is InChI=1S/C13H11ClOS2/c1-10-4-6-12(7-5-10)17(15)13(14)9-11-3-2-8-16-11/h2-9H,1H3/b13-9+. The van der Waals surface area contributed by atoms with Crippen LogP contribution in [-0.2, 0) is 10.8 Å². The Morgan fingerprint density at radius 3 is 2.59 bits per heavy atom. The molecule has 0 spiro atoms. The fourth-order valence-corrected chi connectivity index (χ4v) is 3.34.